The second-order valence-electron chi connectivity index (χ2n) is 5.54. The van der Waals surface area contributed by atoms with Crippen LogP contribution >= 0.6 is 0 Å². The van der Waals surface area contributed by atoms with Gasteiger partial charge in [0.25, 0.3) is 0 Å². The third kappa shape index (κ3) is 1.97. The minimum absolute atomic E-state index is 0.0368. The molecule has 20 heavy (non-hydrogen) atoms. The highest BCUT2D eigenvalue weighted by Crippen LogP contribution is 2.39. The first-order valence-corrected chi connectivity index (χ1v) is 7.10. The van der Waals surface area contributed by atoms with Gasteiger partial charge in [-0.25, -0.2) is 0 Å². The summed E-state index contributed by atoms with van der Waals surface area (Å²) < 4.78 is 5.73. The molecule has 2 aromatic rings. The summed E-state index contributed by atoms with van der Waals surface area (Å²) in [6.07, 6.45) is 2.00. The summed E-state index contributed by atoms with van der Waals surface area (Å²) >= 11 is 0. The van der Waals surface area contributed by atoms with Crippen LogP contribution in [0.4, 0.5) is 0 Å². The number of Topliss-reactive ketones (excluding diaryl/α,β-unsaturated/α-hetero) is 1. The van der Waals surface area contributed by atoms with Crippen molar-refractivity contribution in [3.63, 3.8) is 0 Å². The molecular formula is C17H19NO2. The summed E-state index contributed by atoms with van der Waals surface area (Å²) in [6.45, 7) is 10.6. The highest BCUT2D eigenvalue weighted by atomic mass is 16.5. The fourth-order valence-corrected chi connectivity index (χ4v) is 3.17. The molecule has 2 heterocycles. The Morgan fingerprint density at radius 2 is 2.30 bits per heavy atom. The number of nitrogens with one attached hydrogen (secondary N) is 1. The van der Waals surface area contributed by atoms with Crippen molar-refractivity contribution in [3.8, 4) is 0 Å². The number of hydrogen-bond donors (Lipinski definition) is 1. The topological polar surface area (TPSA) is 42.1 Å². The van der Waals surface area contributed by atoms with Gasteiger partial charge in [-0.3, -0.25) is 4.79 Å². The minimum Gasteiger partial charge on any atom is -0.368 e. The summed E-state index contributed by atoms with van der Waals surface area (Å²) in [6, 6.07) is 6.31. The molecule has 104 valence electrons. The highest BCUT2D eigenvalue weighted by molar-refractivity contribution is 5.88. The van der Waals surface area contributed by atoms with Gasteiger partial charge in [0.1, 0.15) is 11.4 Å². The zero-order valence-corrected chi connectivity index (χ0v) is 12.0. The van der Waals surface area contributed by atoms with Gasteiger partial charge in [0.2, 0.25) is 0 Å². The molecule has 0 saturated heterocycles. The fourth-order valence-electron chi connectivity index (χ4n) is 3.17. The van der Waals surface area contributed by atoms with Crippen molar-refractivity contribution in [1.29, 1.82) is 0 Å². The molecule has 1 atom stereocenters. The molecule has 0 amide bonds. The summed E-state index contributed by atoms with van der Waals surface area (Å²) in [5.74, 6) is 0.0368. The lowest BCUT2D eigenvalue weighted by atomic mass is 9.89. The first-order chi connectivity index (χ1) is 9.55. The van der Waals surface area contributed by atoms with E-state index in [2.05, 4.69) is 30.1 Å². The van der Waals surface area contributed by atoms with Gasteiger partial charge >= 0.3 is 0 Å². The number of ether oxygens (including phenoxy) is 1. The third-order valence-electron chi connectivity index (χ3n) is 4.05. The molecule has 1 aromatic heterocycles. The van der Waals surface area contributed by atoms with Gasteiger partial charge in [0.05, 0.1) is 12.3 Å². The molecule has 2 radical (unpaired) electrons. The van der Waals surface area contributed by atoms with Crippen LogP contribution < -0.4 is 0 Å². The third-order valence-corrected chi connectivity index (χ3v) is 4.05. The van der Waals surface area contributed by atoms with Gasteiger partial charge in [-0.05, 0) is 30.9 Å². The average molecular weight is 269 g/mol. The molecule has 0 bridgehead atoms. The Labute approximate surface area is 119 Å². The van der Waals surface area contributed by atoms with E-state index in [1.807, 2.05) is 0 Å². The van der Waals surface area contributed by atoms with Crippen LogP contribution in [0.25, 0.3) is 10.9 Å². The number of hydrogen-bond acceptors (Lipinski definition) is 2. The van der Waals surface area contributed by atoms with Gasteiger partial charge in [-0.15, -0.1) is 0 Å². The van der Waals surface area contributed by atoms with Crippen molar-refractivity contribution < 1.29 is 9.53 Å². The van der Waals surface area contributed by atoms with Gasteiger partial charge in [0.15, 0.2) is 0 Å². The van der Waals surface area contributed by atoms with Crippen LogP contribution in [-0.2, 0) is 28.0 Å². The molecule has 0 saturated carbocycles. The maximum Gasteiger partial charge on any atom is 0.133 e. The van der Waals surface area contributed by atoms with Crippen LogP contribution in [0.15, 0.2) is 18.2 Å². The quantitative estimate of drug-likeness (QED) is 0.929. The van der Waals surface area contributed by atoms with Crippen molar-refractivity contribution in [2.45, 2.75) is 38.7 Å². The summed E-state index contributed by atoms with van der Waals surface area (Å²) in [4.78, 5) is 14.9. The highest BCUT2D eigenvalue weighted by Gasteiger charge is 2.37. The van der Waals surface area contributed by atoms with E-state index in [-0.39, 0.29) is 12.2 Å². The second-order valence-corrected chi connectivity index (χ2v) is 5.54. The van der Waals surface area contributed by atoms with E-state index in [1.54, 1.807) is 6.92 Å². The summed E-state index contributed by atoms with van der Waals surface area (Å²) in [7, 11) is 0. The normalized spacial score (nSPS) is 21.9. The minimum atomic E-state index is -1.01. The maximum atomic E-state index is 11.5. The Bertz CT molecular complexity index is 671. The zero-order valence-electron chi connectivity index (χ0n) is 12.0. The lowest BCUT2D eigenvalue weighted by Gasteiger charge is -2.33. The molecule has 3 nitrogen and oxygen atoms in total. The largest absolute Gasteiger partial charge is 0.368 e. The van der Waals surface area contributed by atoms with Gasteiger partial charge in [-0.2, -0.15) is 0 Å². The molecule has 0 fully saturated rings. The molecule has 1 aliphatic heterocycles. The Morgan fingerprint density at radius 3 is 3.00 bits per heavy atom. The van der Waals surface area contributed by atoms with Crippen LogP contribution in [0.2, 0.25) is 0 Å². The van der Waals surface area contributed by atoms with Crippen molar-refractivity contribution in [2.24, 2.45) is 0 Å². The molecule has 3 heteroatoms. The molecule has 1 unspecified atom stereocenters. The van der Waals surface area contributed by atoms with Crippen molar-refractivity contribution >= 4 is 16.7 Å². The van der Waals surface area contributed by atoms with Gasteiger partial charge < -0.3 is 9.72 Å². The van der Waals surface area contributed by atoms with E-state index in [0.29, 0.717) is 6.61 Å². The lowest BCUT2D eigenvalue weighted by Crippen LogP contribution is -2.34. The molecule has 3 rings (SSSR count). The maximum absolute atomic E-state index is 11.5. The second kappa shape index (κ2) is 4.74. The predicted molar refractivity (Wildman–Crippen MR) is 78.6 cm³/mol. The number of H-pyrrole nitrogens is 1. The number of fused-ring (bicyclic) bond motifs is 3. The molecule has 0 spiro atoms. The average Bonchev–Trinajstić information content (AvgIpc) is 2.78. The fraction of sp³-hybridized carbons (Fsp3) is 0.412. The molecule has 0 aliphatic carbocycles. The van der Waals surface area contributed by atoms with E-state index in [4.69, 9.17) is 11.7 Å². The lowest BCUT2D eigenvalue weighted by molar-refractivity contribution is -0.124. The molecular weight excluding hydrogens is 250 g/mol. The predicted octanol–water partition coefficient (Wildman–Crippen LogP) is 3.19. The van der Waals surface area contributed by atoms with E-state index in [9.17, 15) is 4.79 Å². The van der Waals surface area contributed by atoms with Crippen LogP contribution in [0.3, 0.4) is 0 Å². The number of para-hydroxylation sites is 1. The standard InChI is InChI=1S/C17H19NO2/c1-4-12-6-5-7-13-14-8-9-20-17(3,10-11(2)19)16(14)18-15(12)13/h3,5-7,18H,4,8-10H2,1-2H3. The number of benzene rings is 1. The van der Waals surface area contributed by atoms with E-state index < -0.39 is 5.60 Å². The Morgan fingerprint density at radius 1 is 1.50 bits per heavy atom. The van der Waals surface area contributed by atoms with Gasteiger partial charge in [0, 0.05) is 24.2 Å². The number of ketones is 1. The molecule has 1 N–H and O–H groups in total. The van der Waals surface area contributed by atoms with E-state index in [1.165, 1.54) is 16.5 Å². The van der Waals surface area contributed by atoms with E-state index >= 15 is 0 Å². The Kier molecular flexibility index (Phi) is 3.17. The Hall–Kier alpha value is -1.61. The zero-order chi connectivity index (χ0) is 14.3. The van der Waals surface area contributed by atoms with Crippen LogP contribution in [-0.4, -0.2) is 17.4 Å². The number of rotatable bonds is 3. The first-order valence-electron chi connectivity index (χ1n) is 7.10. The number of carbonyl (C=O) groups excluding carboxylic acids is 1. The van der Waals surface area contributed by atoms with Crippen molar-refractivity contribution in [2.75, 3.05) is 6.61 Å². The number of aromatic amines is 1. The van der Waals surface area contributed by atoms with Crippen molar-refractivity contribution in [1.82, 2.24) is 4.98 Å². The smallest absolute Gasteiger partial charge is 0.133 e. The van der Waals surface area contributed by atoms with Crippen LogP contribution in [0.5, 0.6) is 0 Å². The van der Waals surface area contributed by atoms with Gasteiger partial charge in [-0.1, -0.05) is 25.1 Å². The first kappa shape index (κ1) is 13.4. The summed E-state index contributed by atoms with van der Waals surface area (Å²) in [5.41, 5.74) is 3.45. The van der Waals surface area contributed by atoms with Crippen molar-refractivity contribution in [3.05, 3.63) is 41.9 Å². The molecule has 1 aromatic carbocycles. The van der Waals surface area contributed by atoms with E-state index in [0.717, 1.165) is 24.1 Å². The van der Waals surface area contributed by atoms with Crippen LogP contribution in [0.1, 0.15) is 37.1 Å². The Balaban J connectivity index is 2.22. The monoisotopic (exact) mass is 269 g/mol. The molecule has 1 aliphatic rings. The summed E-state index contributed by atoms with van der Waals surface area (Å²) in [5, 5.41) is 1.21. The van der Waals surface area contributed by atoms with Crippen LogP contribution in [0, 0.1) is 6.92 Å². The number of aromatic nitrogens is 1. The SMILES string of the molecule is [CH]C1(CC(C)=O)OCCc2c1[nH]c1c(CC)cccc21. The number of aryl methyl sites for hydroxylation is 1. The number of carbonyl (C=O) groups is 1.